The number of hydrogen-bond acceptors (Lipinski definition) is 5. The van der Waals surface area contributed by atoms with Crippen LogP contribution in [0.2, 0.25) is 0 Å². The minimum atomic E-state index is -0.937. The van der Waals surface area contributed by atoms with Crippen molar-refractivity contribution in [3.05, 3.63) is 18.0 Å². The third-order valence-electron chi connectivity index (χ3n) is 2.16. The Morgan fingerprint density at radius 1 is 1.42 bits per heavy atom. The lowest BCUT2D eigenvalue weighted by Crippen LogP contribution is -2.38. The summed E-state index contributed by atoms with van der Waals surface area (Å²) in [5, 5.41) is 6.42. The van der Waals surface area contributed by atoms with Gasteiger partial charge in [0.1, 0.15) is 5.60 Å². The average molecular weight is 269 g/mol. The fourth-order valence-corrected chi connectivity index (χ4v) is 1.41. The molecule has 0 aliphatic rings. The summed E-state index contributed by atoms with van der Waals surface area (Å²) in [5.41, 5.74) is -0.111. The van der Waals surface area contributed by atoms with Crippen LogP contribution in [0.5, 0.6) is 0 Å². The molecule has 1 N–H and O–H groups in total. The lowest BCUT2D eigenvalue weighted by Gasteiger charge is -2.22. The first-order chi connectivity index (χ1) is 8.73. The van der Waals surface area contributed by atoms with Gasteiger partial charge in [-0.2, -0.15) is 5.10 Å². The van der Waals surface area contributed by atoms with E-state index in [4.69, 9.17) is 4.74 Å². The molecule has 1 amide bonds. The van der Waals surface area contributed by atoms with Crippen molar-refractivity contribution in [2.24, 2.45) is 7.05 Å². The zero-order valence-electron chi connectivity index (χ0n) is 11.8. The van der Waals surface area contributed by atoms with Crippen molar-refractivity contribution in [3.8, 4) is 0 Å². The van der Waals surface area contributed by atoms with Crippen LogP contribution < -0.4 is 5.32 Å². The Kier molecular flexibility index (Phi) is 4.52. The van der Waals surface area contributed by atoms with Gasteiger partial charge in [-0.3, -0.25) is 4.68 Å². The van der Waals surface area contributed by atoms with E-state index >= 15 is 0 Å². The van der Waals surface area contributed by atoms with Crippen molar-refractivity contribution in [2.45, 2.75) is 32.4 Å². The maximum absolute atomic E-state index is 11.7. The molecule has 1 aromatic rings. The van der Waals surface area contributed by atoms with E-state index in [2.05, 4.69) is 15.2 Å². The monoisotopic (exact) mass is 269 g/mol. The maximum Gasteiger partial charge on any atom is 0.408 e. The van der Waals surface area contributed by atoms with Crippen molar-refractivity contribution >= 4 is 12.1 Å². The topological polar surface area (TPSA) is 82.4 Å². The van der Waals surface area contributed by atoms with Gasteiger partial charge in [0.15, 0.2) is 6.04 Å². The Morgan fingerprint density at radius 2 is 2.05 bits per heavy atom. The van der Waals surface area contributed by atoms with Crippen molar-refractivity contribution in [1.29, 1.82) is 0 Å². The summed E-state index contributed by atoms with van der Waals surface area (Å²) in [6.07, 6.45) is 2.42. The van der Waals surface area contributed by atoms with Crippen LogP contribution in [-0.2, 0) is 21.3 Å². The Bertz CT molecular complexity index is 462. The first-order valence-electron chi connectivity index (χ1n) is 5.79. The van der Waals surface area contributed by atoms with Gasteiger partial charge in [-0.15, -0.1) is 0 Å². The molecule has 1 heterocycles. The molecule has 1 aromatic heterocycles. The Morgan fingerprint density at radius 3 is 2.47 bits per heavy atom. The molecule has 19 heavy (non-hydrogen) atoms. The fourth-order valence-electron chi connectivity index (χ4n) is 1.41. The van der Waals surface area contributed by atoms with E-state index in [-0.39, 0.29) is 0 Å². The van der Waals surface area contributed by atoms with Crippen LogP contribution in [0.3, 0.4) is 0 Å². The average Bonchev–Trinajstić information content (AvgIpc) is 2.69. The third-order valence-corrected chi connectivity index (χ3v) is 2.16. The van der Waals surface area contributed by atoms with Crippen LogP contribution in [0, 0.1) is 0 Å². The van der Waals surface area contributed by atoms with Gasteiger partial charge in [0.2, 0.25) is 0 Å². The highest BCUT2D eigenvalue weighted by Crippen LogP contribution is 2.15. The molecule has 0 saturated carbocycles. The van der Waals surface area contributed by atoms with E-state index in [1.807, 2.05) is 0 Å². The molecular weight excluding hydrogens is 250 g/mol. The molecule has 0 aliphatic carbocycles. The quantitative estimate of drug-likeness (QED) is 0.832. The molecule has 1 atom stereocenters. The zero-order valence-corrected chi connectivity index (χ0v) is 11.8. The number of methoxy groups -OCH3 is 1. The van der Waals surface area contributed by atoms with Gasteiger partial charge in [0.25, 0.3) is 0 Å². The molecule has 0 bridgehead atoms. The summed E-state index contributed by atoms with van der Waals surface area (Å²) < 4.78 is 11.3. The van der Waals surface area contributed by atoms with Gasteiger partial charge in [-0.25, -0.2) is 9.59 Å². The number of hydrogen-bond donors (Lipinski definition) is 1. The van der Waals surface area contributed by atoms with E-state index in [9.17, 15) is 9.59 Å². The van der Waals surface area contributed by atoms with Crippen LogP contribution in [0.15, 0.2) is 12.4 Å². The largest absolute Gasteiger partial charge is 0.467 e. The minimum absolute atomic E-state index is 0.528. The molecule has 0 saturated heterocycles. The second-order valence-corrected chi connectivity index (χ2v) is 5.05. The molecule has 0 fully saturated rings. The van der Waals surface area contributed by atoms with E-state index < -0.39 is 23.7 Å². The fraction of sp³-hybridized carbons (Fsp3) is 0.583. The molecule has 1 rings (SSSR count). The van der Waals surface area contributed by atoms with E-state index in [1.165, 1.54) is 18.0 Å². The van der Waals surface area contributed by atoms with E-state index in [1.54, 1.807) is 34.0 Å². The predicted octanol–water partition coefficient (Wildman–Crippen LogP) is 1.16. The van der Waals surface area contributed by atoms with Crippen molar-refractivity contribution < 1.29 is 19.1 Å². The molecule has 0 spiro atoms. The van der Waals surface area contributed by atoms with Gasteiger partial charge in [0.05, 0.1) is 13.3 Å². The molecule has 0 aliphatic heterocycles. The molecule has 0 aromatic carbocycles. The summed E-state index contributed by atoms with van der Waals surface area (Å²) in [5.74, 6) is -0.584. The molecule has 0 unspecified atom stereocenters. The van der Waals surface area contributed by atoms with Crippen LogP contribution in [0.1, 0.15) is 32.4 Å². The van der Waals surface area contributed by atoms with Gasteiger partial charge in [0, 0.05) is 18.8 Å². The third kappa shape index (κ3) is 4.61. The molecule has 7 nitrogen and oxygen atoms in total. The van der Waals surface area contributed by atoms with Gasteiger partial charge in [-0.05, 0) is 20.8 Å². The number of carbonyl (C=O) groups excluding carboxylic acids is 2. The number of aromatic nitrogens is 2. The van der Waals surface area contributed by atoms with E-state index in [0.29, 0.717) is 5.56 Å². The number of alkyl carbamates (subject to hydrolysis) is 1. The number of ether oxygens (including phenoxy) is 2. The predicted molar refractivity (Wildman–Crippen MR) is 67.3 cm³/mol. The van der Waals surface area contributed by atoms with Crippen LogP contribution >= 0.6 is 0 Å². The van der Waals surface area contributed by atoms with Crippen molar-refractivity contribution in [2.75, 3.05) is 7.11 Å². The molecule has 0 radical (unpaired) electrons. The van der Waals surface area contributed by atoms with Crippen molar-refractivity contribution in [3.63, 3.8) is 0 Å². The first kappa shape index (κ1) is 15.0. The van der Waals surface area contributed by atoms with E-state index in [0.717, 1.165) is 0 Å². The molecule has 7 heteroatoms. The van der Waals surface area contributed by atoms with Crippen LogP contribution in [0.25, 0.3) is 0 Å². The second-order valence-electron chi connectivity index (χ2n) is 5.05. The Labute approximate surface area is 111 Å². The minimum Gasteiger partial charge on any atom is -0.467 e. The van der Waals surface area contributed by atoms with Gasteiger partial charge < -0.3 is 14.8 Å². The number of aryl methyl sites for hydroxylation is 1. The lowest BCUT2D eigenvalue weighted by atomic mass is 10.1. The second kappa shape index (κ2) is 5.73. The number of amides is 1. The van der Waals surface area contributed by atoms with Crippen LogP contribution in [0.4, 0.5) is 4.79 Å². The number of nitrogens with zero attached hydrogens (tertiary/aromatic N) is 2. The normalized spacial score (nSPS) is 12.7. The summed E-state index contributed by atoms with van der Waals surface area (Å²) in [6, 6.07) is -0.937. The summed E-state index contributed by atoms with van der Waals surface area (Å²) in [6.45, 7) is 5.22. The van der Waals surface area contributed by atoms with Gasteiger partial charge in [-0.1, -0.05) is 0 Å². The summed E-state index contributed by atoms with van der Waals surface area (Å²) >= 11 is 0. The van der Waals surface area contributed by atoms with Gasteiger partial charge >= 0.3 is 12.1 Å². The number of rotatable bonds is 3. The Balaban J connectivity index is 2.82. The highest BCUT2D eigenvalue weighted by atomic mass is 16.6. The SMILES string of the molecule is COC(=O)[C@H](NC(=O)OC(C)(C)C)c1cnn(C)c1. The highest BCUT2D eigenvalue weighted by Gasteiger charge is 2.27. The summed E-state index contributed by atoms with van der Waals surface area (Å²) in [4.78, 5) is 23.4. The number of nitrogens with one attached hydrogen (secondary N) is 1. The first-order valence-corrected chi connectivity index (χ1v) is 5.79. The zero-order chi connectivity index (χ0) is 14.6. The Hall–Kier alpha value is -2.05. The van der Waals surface area contributed by atoms with Crippen LogP contribution in [-0.4, -0.2) is 34.6 Å². The summed E-state index contributed by atoms with van der Waals surface area (Å²) in [7, 11) is 2.97. The smallest absolute Gasteiger partial charge is 0.408 e. The maximum atomic E-state index is 11.7. The molecular formula is C12H19N3O4. The lowest BCUT2D eigenvalue weighted by molar-refractivity contribution is -0.143. The molecule has 106 valence electrons. The highest BCUT2D eigenvalue weighted by molar-refractivity contribution is 5.82. The number of esters is 1. The standard InChI is InChI=1S/C12H19N3O4/c1-12(2,3)19-11(17)14-9(10(16)18-5)8-6-13-15(4)7-8/h6-7,9H,1-5H3,(H,14,17)/t9-/m1/s1. The van der Waals surface area contributed by atoms with Crippen molar-refractivity contribution in [1.82, 2.24) is 15.1 Å². The number of carbonyl (C=O) groups is 2.